The second kappa shape index (κ2) is 12.7. The molecule has 0 saturated heterocycles. The third-order valence-electron chi connectivity index (χ3n) is 3.60. The molecule has 1 N–H and O–H groups in total. The van der Waals surface area contributed by atoms with Crippen LogP contribution in [0, 0.1) is 0 Å². The third-order valence-corrected chi connectivity index (χ3v) is 4.47. The predicted molar refractivity (Wildman–Crippen MR) is 118 cm³/mol. The first-order valence-electron chi connectivity index (χ1n) is 8.65. The van der Waals surface area contributed by atoms with E-state index in [9.17, 15) is 0 Å². The molecule has 0 aliphatic rings. The van der Waals surface area contributed by atoms with Crippen molar-refractivity contribution >= 4 is 52.6 Å². The molecule has 0 radical (unpaired) electrons. The van der Waals surface area contributed by atoms with Crippen LogP contribution in [0.25, 0.3) is 0 Å². The maximum absolute atomic E-state index is 8.49. The van der Waals surface area contributed by atoms with Crippen LogP contribution in [0.4, 0.5) is 0 Å². The fourth-order valence-electron chi connectivity index (χ4n) is 2.24. The van der Waals surface area contributed by atoms with Crippen LogP contribution in [0.3, 0.4) is 0 Å². The molecule has 0 heterocycles. The van der Waals surface area contributed by atoms with E-state index >= 15 is 0 Å². The van der Waals surface area contributed by atoms with E-state index in [0.29, 0.717) is 34.8 Å². The van der Waals surface area contributed by atoms with Gasteiger partial charge in [0, 0.05) is 12.1 Å². The lowest BCUT2D eigenvalue weighted by Gasteiger charge is -2.12. The Hall–Kier alpha value is -1.79. The summed E-state index contributed by atoms with van der Waals surface area (Å²) in [5.74, 6) is 1.64. The molecule has 0 aromatic heterocycles. The van der Waals surface area contributed by atoms with Crippen LogP contribution in [-0.2, 0) is 0 Å². The molecule has 5 nitrogen and oxygen atoms in total. The van der Waals surface area contributed by atoms with Crippen molar-refractivity contribution < 1.29 is 19.4 Å². The molecule has 2 aromatic carbocycles. The van der Waals surface area contributed by atoms with Gasteiger partial charge >= 0.3 is 0 Å². The van der Waals surface area contributed by atoms with Gasteiger partial charge in [-0.2, -0.15) is 0 Å². The van der Waals surface area contributed by atoms with Gasteiger partial charge in [-0.25, -0.2) is 0 Å². The minimum absolute atomic E-state index is 0.124. The zero-order valence-corrected chi connectivity index (χ0v) is 18.3. The van der Waals surface area contributed by atoms with Gasteiger partial charge in [0.05, 0.1) is 29.5 Å². The van der Waals surface area contributed by atoms with Crippen molar-refractivity contribution in [3.05, 3.63) is 62.6 Å². The Morgan fingerprint density at radius 3 is 2.10 bits per heavy atom. The van der Waals surface area contributed by atoms with Gasteiger partial charge in [-0.15, -0.1) is 0 Å². The Labute approximate surface area is 189 Å². The van der Waals surface area contributed by atoms with Crippen LogP contribution in [0.5, 0.6) is 17.2 Å². The van der Waals surface area contributed by atoms with Crippen molar-refractivity contribution in [1.29, 1.82) is 0 Å². The van der Waals surface area contributed by atoms with E-state index in [1.54, 1.807) is 24.3 Å². The molecule has 0 aliphatic carbocycles. The normalized spacial score (nSPS) is 10.8. The monoisotopic (exact) mass is 477 g/mol. The van der Waals surface area contributed by atoms with Gasteiger partial charge in [-0.1, -0.05) is 51.6 Å². The summed E-state index contributed by atoms with van der Waals surface area (Å²) >= 11 is 23.5. The summed E-state index contributed by atoms with van der Waals surface area (Å²) in [4.78, 5) is 0. The maximum Gasteiger partial charge on any atom is 0.156 e. The number of benzene rings is 2. The van der Waals surface area contributed by atoms with Crippen molar-refractivity contribution in [2.24, 2.45) is 5.16 Å². The van der Waals surface area contributed by atoms with Crippen LogP contribution in [0.2, 0.25) is 10.0 Å². The summed E-state index contributed by atoms with van der Waals surface area (Å²) in [6.45, 7) is 1.19. The molecular formula is C20H19Cl4NO4. The lowest BCUT2D eigenvalue weighted by Crippen LogP contribution is -2.03. The summed E-state index contributed by atoms with van der Waals surface area (Å²) < 4.78 is 16.9. The highest BCUT2D eigenvalue weighted by molar-refractivity contribution is 6.55. The molecule has 0 fully saturated rings. The molecule has 0 spiro atoms. The maximum atomic E-state index is 8.49. The predicted octanol–water partition coefficient (Wildman–Crippen LogP) is 6.74. The van der Waals surface area contributed by atoms with Gasteiger partial charge in [-0.3, -0.25) is 0 Å². The van der Waals surface area contributed by atoms with E-state index in [-0.39, 0.29) is 11.1 Å². The van der Waals surface area contributed by atoms with E-state index in [0.717, 1.165) is 24.2 Å². The first kappa shape index (κ1) is 23.5. The van der Waals surface area contributed by atoms with E-state index in [1.165, 1.54) is 12.3 Å². The highest BCUT2D eigenvalue weighted by atomic mass is 35.5. The fourth-order valence-corrected chi connectivity index (χ4v) is 2.95. The fraction of sp³-hybridized carbons (Fsp3) is 0.250. The van der Waals surface area contributed by atoms with Crippen LogP contribution >= 0.6 is 46.4 Å². The summed E-state index contributed by atoms with van der Waals surface area (Å²) in [5.41, 5.74) is 0.790. The molecule has 0 saturated carbocycles. The second-order valence-corrected chi connectivity index (χ2v) is 7.56. The average molecular weight is 479 g/mol. The number of oxime groups is 1. The molecule has 0 amide bonds. The van der Waals surface area contributed by atoms with Gasteiger partial charge in [0.25, 0.3) is 0 Å². The molecule has 29 heavy (non-hydrogen) atoms. The Morgan fingerprint density at radius 2 is 1.52 bits per heavy atom. The minimum atomic E-state index is 0.124. The van der Waals surface area contributed by atoms with Crippen LogP contribution in [0.1, 0.15) is 18.4 Å². The lowest BCUT2D eigenvalue weighted by atomic mass is 10.2. The number of hydrogen-bond acceptors (Lipinski definition) is 5. The van der Waals surface area contributed by atoms with Crippen LogP contribution < -0.4 is 14.2 Å². The molecule has 0 atom stereocenters. The summed E-state index contributed by atoms with van der Waals surface area (Å²) in [6.07, 6.45) is 4.42. The highest BCUT2D eigenvalue weighted by Crippen LogP contribution is 2.37. The molecule has 2 rings (SSSR count). The van der Waals surface area contributed by atoms with E-state index < -0.39 is 0 Å². The summed E-state index contributed by atoms with van der Waals surface area (Å²) in [6, 6.07) is 10.5. The van der Waals surface area contributed by atoms with Gasteiger partial charge in [0.2, 0.25) is 0 Å². The highest BCUT2D eigenvalue weighted by Gasteiger charge is 2.10. The molecule has 0 unspecified atom stereocenters. The SMILES string of the molecule is O/N=C/c1ccc(OCCCCOc2c(Cl)cc(OCC=C(Cl)Cl)cc2Cl)cc1. The first-order chi connectivity index (χ1) is 14.0. The van der Waals surface area contributed by atoms with Crippen molar-refractivity contribution in [3.63, 3.8) is 0 Å². The largest absolute Gasteiger partial charge is 0.494 e. The van der Waals surface area contributed by atoms with Gasteiger partial charge in [-0.05, 0) is 48.7 Å². The van der Waals surface area contributed by atoms with Crippen molar-refractivity contribution in [2.75, 3.05) is 19.8 Å². The molecule has 2 aromatic rings. The third kappa shape index (κ3) is 8.62. The molecule has 0 bridgehead atoms. The molecule has 0 aliphatic heterocycles. The molecular weight excluding hydrogens is 460 g/mol. The van der Waals surface area contributed by atoms with Gasteiger partial charge in [0.1, 0.15) is 22.6 Å². The smallest absolute Gasteiger partial charge is 0.156 e. The standard InChI is InChI=1S/C20H19Cl4NO4/c21-17-11-16(28-10-7-19(23)24)12-18(22)20(17)29-9-2-1-8-27-15-5-3-14(4-6-15)13-25-26/h3-7,11-13,26H,1-2,8-10H2/b25-13+. The minimum Gasteiger partial charge on any atom is -0.494 e. The Bertz CT molecular complexity index is 814. The number of ether oxygens (including phenoxy) is 3. The van der Waals surface area contributed by atoms with Gasteiger partial charge in [0.15, 0.2) is 5.75 Å². The Morgan fingerprint density at radius 1 is 0.897 bits per heavy atom. The van der Waals surface area contributed by atoms with Crippen molar-refractivity contribution in [3.8, 4) is 17.2 Å². The molecule has 156 valence electrons. The number of rotatable bonds is 11. The van der Waals surface area contributed by atoms with E-state index in [4.69, 9.17) is 65.8 Å². The van der Waals surface area contributed by atoms with Crippen molar-refractivity contribution in [1.82, 2.24) is 0 Å². The number of unbranched alkanes of at least 4 members (excludes halogenated alkanes) is 1. The zero-order chi connectivity index (χ0) is 21.1. The quantitative estimate of drug-likeness (QED) is 0.168. The van der Waals surface area contributed by atoms with Crippen molar-refractivity contribution in [2.45, 2.75) is 12.8 Å². The van der Waals surface area contributed by atoms with Crippen LogP contribution in [-0.4, -0.2) is 31.2 Å². The summed E-state index contributed by atoms with van der Waals surface area (Å²) in [5, 5.41) is 12.2. The lowest BCUT2D eigenvalue weighted by molar-refractivity contribution is 0.266. The van der Waals surface area contributed by atoms with E-state index in [2.05, 4.69) is 5.16 Å². The Kier molecular flexibility index (Phi) is 10.3. The average Bonchev–Trinajstić information content (AvgIpc) is 2.67. The number of nitrogens with zero attached hydrogens (tertiary/aromatic N) is 1. The van der Waals surface area contributed by atoms with Crippen LogP contribution in [0.15, 0.2) is 52.1 Å². The zero-order valence-electron chi connectivity index (χ0n) is 15.3. The second-order valence-electron chi connectivity index (χ2n) is 5.74. The Balaban J connectivity index is 1.72. The number of hydrogen-bond donors (Lipinski definition) is 1. The first-order valence-corrected chi connectivity index (χ1v) is 10.2. The topological polar surface area (TPSA) is 60.3 Å². The summed E-state index contributed by atoms with van der Waals surface area (Å²) in [7, 11) is 0. The van der Waals surface area contributed by atoms with Gasteiger partial charge < -0.3 is 19.4 Å². The van der Waals surface area contributed by atoms with E-state index in [1.807, 2.05) is 12.1 Å². The molecule has 9 heteroatoms. The number of halogens is 4.